The van der Waals surface area contributed by atoms with Crippen LogP contribution in [-0.2, 0) is 0 Å². The maximum absolute atomic E-state index is 10.7. The third kappa shape index (κ3) is 20.6. The van der Waals surface area contributed by atoms with Gasteiger partial charge in [0.25, 0.3) is 0 Å². The Bertz CT molecular complexity index is 725. The average Bonchev–Trinajstić information content (AvgIpc) is 2.66. The first-order valence-electron chi connectivity index (χ1n) is 10.3. The topological polar surface area (TPSA) is 9.23 Å². The third-order valence-corrected chi connectivity index (χ3v) is 6.72. The predicted octanol–water partition coefficient (Wildman–Crippen LogP) is 6.72. The summed E-state index contributed by atoms with van der Waals surface area (Å²) in [6.45, 7) is 3.12. The van der Waals surface area contributed by atoms with Gasteiger partial charge in [0.05, 0.1) is 6.61 Å². The molecule has 0 heterocycles. The van der Waals surface area contributed by atoms with E-state index in [0.717, 1.165) is 12.4 Å². The van der Waals surface area contributed by atoms with Crippen LogP contribution >= 0.6 is 7.81 Å². The Hall–Kier alpha value is -1.02. The summed E-state index contributed by atoms with van der Waals surface area (Å²) >= 11 is -0.0686. The third-order valence-electron chi connectivity index (χ3n) is 4.03. The number of rotatable bonds is 12. The van der Waals surface area contributed by atoms with Crippen molar-refractivity contribution in [2.75, 3.05) is 6.61 Å². The van der Waals surface area contributed by atoms with Gasteiger partial charge in [0, 0.05) is 0 Å². The molecule has 0 spiro atoms. The Balaban J connectivity index is 0.000000592. The molecular weight excluding hydrogens is 552 g/mol. The molecule has 0 amide bonds. The molecule has 0 radical (unpaired) electrons. The maximum atomic E-state index is 9.87. The molecule has 0 N–H and O–H groups in total. The van der Waals surface area contributed by atoms with Crippen LogP contribution in [0.5, 0.6) is 5.75 Å². The van der Waals surface area contributed by atoms with Gasteiger partial charge >= 0.3 is 54.2 Å². The molecule has 0 atom stereocenters. The fourth-order valence-electron chi connectivity index (χ4n) is 2.62. The van der Waals surface area contributed by atoms with Gasteiger partial charge in [-0.1, -0.05) is 70.1 Å². The van der Waals surface area contributed by atoms with Gasteiger partial charge in [0.15, 0.2) is 7.14 Å². The zero-order chi connectivity index (χ0) is 23.3. The van der Waals surface area contributed by atoms with Crippen molar-refractivity contribution < 1.29 is 51.1 Å². The second-order valence-electron chi connectivity index (χ2n) is 7.13. The summed E-state index contributed by atoms with van der Waals surface area (Å²) in [6.07, 6.45) is 10.7. The van der Waals surface area contributed by atoms with Crippen LogP contribution in [0.4, 0.5) is 25.2 Å². The molecule has 0 saturated carbocycles. The van der Waals surface area contributed by atoms with Crippen LogP contribution < -0.4 is 25.9 Å². The minimum atomic E-state index is -10.7. The Labute approximate surface area is 191 Å². The molecule has 0 bridgehead atoms. The van der Waals surface area contributed by atoms with Crippen molar-refractivity contribution in [2.45, 2.75) is 58.3 Å². The molecule has 0 aliphatic rings. The van der Waals surface area contributed by atoms with Crippen molar-refractivity contribution in [3.63, 3.8) is 0 Å². The molecule has 0 aliphatic heterocycles. The van der Waals surface area contributed by atoms with Crippen molar-refractivity contribution in [1.29, 1.82) is 0 Å². The molecule has 0 saturated heterocycles. The summed E-state index contributed by atoms with van der Waals surface area (Å²) in [5.74, 6) is 1.01. The van der Waals surface area contributed by atoms with Gasteiger partial charge in [-0.3, -0.25) is 0 Å². The van der Waals surface area contributed by atoms with E-state index in [1.165, 1.54) is 58.5 Å². The summed E-state index contributed by atoms with van der Waals surface area (Å²) in [4.78, 5) is 0. The van der Waals surface area contributed by atoms with Gasteiger partial charge in [-0.25, -0.2) is 0 Å². The van der Waals surface area contributed by atoms with Crippen molar-refractivity contribution in [1.82, 2.24) is 0 Å². The molecule has 1 nitrogen and oxygen atoms in total. The SMILES string of the molecule is CCCCCCCCCCOc1ccc([I+]c2ccccc2)cc1.F[P-](F)(F)(F)(F)F. The second kappa shape index (κ2) is 12.3. The summed E-state index contributed by atoms with van der Waals surface area (Å²) in [6, 6.07) is 19.5. The molecule has 0 aliphatic carbocycles. The molecule has 0 aromatic heterocycles. The summed E-state index contributed by atoms with van der Waals surface area (Å²) in [5.41, 5.74) is 0. The van der Waals surface area contributed by atoms with Crippen LogP contribution in [0, 0.1) is 7.14 Å². The summed E-state index contributed by atoms with van der Waals surface area (Å²) in [5, 5.41) is 0. The first-order chi connectivity index (χ1) is 14.3. The number of halogens is 7. The van der Waals surface area contributed by atoms with E-state index in [-0.39, 0.29) is 21.2 Å². The van der Waals surface area contributed by atoms with Crippen LogP contribution in [0.1, 0.15) is 58.3 Å². The van der Waals surface area contributed by atoms with Crippen LogP contribution in [0.2, 0.25) is 0 Å². The number of hydrogen-bond acceptors (Lipinski definition) is 1. The van der Waals surface area contributed by atoms with Crippen molar-refractivity contribution in [3.8, 4) is 5.75 Å². The molecule has 9 heteroatoms. The zero-order valence-corrected chi connectivity index (χ0v) is 20.6. The van der Waals surface area contributed by atoms with E-state index in [1.807, 2.05) is 0 Å². The monoisotopic (exact) mass is 582 g/mol. The van der Waals surface area contributed by atoms with E-state index in [0.29, 0.717) is 0 Å². The van der Waals surface area contributed by atoms with E-state index >= 15 is 0 Å². The van der Waals surface area contributed by atoms with E-state index in [4.69, 9.17) is 4.74 Å². The molecule has 2 aromatic carbocycles. The van der Waals surface area contributed by atoms with Gasteiger partial charge in [0.1, 0.15) is 5.75 Å². The zero-order valence-electron chi connectivity index (χ0n) is 17.6. The molecule has 178 valence electrons. The van der Waals surface area contributed by atoms with Crippen molar-refractivity contribution in [2.24, 2.45) is 0 Å². The van der Waals surface area contributed by atoms with E-state index < -0.39 is 7.81 Å². The number of ether oxygens (including phenoxy) is 1. The van der Waals surface area contributed by atoms with Gasteiger partial charge in [0.2, 0.25) is 0 Å². The Morgan fingerprint density at radius 3 is 1.61 bits per heavy atom. The molecule has 0 unspecified atom stereocenters. The van der Waals surface area contributed by atoms with Crippen LogP contribution in [-0.4, -0.2) is 6.61 Å². The van der Waals surface area contributed by atoms with Crippen LogP contribution in [0.15, 0.2) is 54.6 Å². The number of benzene rings is 2. The molecular formula is C22H30F6IOP. The Morgan fingerprint density at radius 1 is 0.645 bits per heavy atom. The van der Waals surface area contributed by atoms with Crippen molar-refractivity contribution in [3.05, 3.63) is 61.7 Å². The second-order valence-corrected chi connectivity index (χ2v) is 12.1. The summed E-state index contributed by atoms with van der Waals surface area (Å²) < 4.78 is 68.0. The Morgan fingerprint density at radius 2 is 1.10 bits per heavy atom. The molecule has 2 aromatic rings. The van der Waals surface area contributed by atoms with Gasteiger partial charge in [-0.05, 0) is 42.8 Å². The molecule has 0 fully saturated rings. The first kappa shape index (κ1) is 28.0. The number of hydrogen-bond donors (Lipinski definition) is 0. The predicted molar refractivity (Wildman–Crippen MR) is 112 cm³/mol. The van der Waals surface area contributed by atoms with E-state index in [1.54, 1.807) is 0 Å². The fraction of sp³-hybridized carbons (Fsp3) is 0.455. The quantitative estimate of drug-likeness (QED) is 0.117. The minimum absolute atomic E-state index is 0.0686. The normalized spacial score (nSPS) is 13.5. The van der Waals surface area contributed by atoms with Crippen LogP contribution in [0.25, 0.3) is 0 Å². The van der Waals surface area contributed by atoms with Gasteiger partial charge in [-0.15, -0.1) is 0 Å². The van der Waals surface area contributed by atoms with E-state index in [2.05, 4.69) is 61.5 Å². The fourth-order valence-corrected chi connectivity index (χ4v) is 4.84. The number of unbranched alkanes of at least 4 members (excludes halogenated alkanes) is 7. The Kier molecular flexibility index (Phi) is 11.1. The van der Waals surface area contributed by atoms with Crippen LogP contribution in [0.3, 0.4) is 0 Å². The van der Waals surface area contributed by atoms with E-state index in [9.17, 15) is 25.2 Å². The molecule has 2 rings (SSSR count). The first-order valence-corrected chi connectivity index (χ1v) is 14.5. The summed E-state index contributed by atoms with van der Waals surface area (Å²) in [7, 11) is -10.7. The average molecular weight is 582 g/mol. The van der Waals surface area contributed by atoms with Crippen molar-refractivity contribution >= 4 is 7.81 Å². The van der Waals surface area contributed by atoms with Gasteiger partial charge in [-0.2, -0.15) is 0 Å². The standard InChI is InChI=1S/C22H30IO.F6P/c1-2-3-4-5-6-7-8-12-19-24-22-17-15-21(16-18-22)23-20-13-10-9-11-14-20;1-7(2,3,4,5)6/h9-11,13-18H,2-8,12,19H2,1H3;/q+1;-1. The molecule has 31 heavy (non-hydrogen) atoms. The van der Waals surface area contributed by atoms with Gasteiger partial charge < -0.3 is 4.74 Å².